The van der Waals surface area contributed by atoms with Crippen molar-refractivity contribution in [3.63, 3.8) is 0 Å². The van der Waals surface area contributed by atoms with Crippen LogP contribution in [0.3, 0.4) is 0 Å². The van der Waals surface area contributed by atoms with E-state index < -0.39 is 0 Å². The van der Waals surface area contributed by atoms with Crippen molar-refractivity contribution in [3.8, 4) is 0 Å². The van der Waals surface area contributed by atoms with Crippen LogP contribution in [0.2, 0.25) is 0 Å². The largest absolute Gasteiger partial charge is 0.252 e. The standard InChI is InChI=1S/C53H90N2.Ni/c1-7-13-19-21-23-24-25-26-27-28-29-31-33-39-53(55-51-44-48(36-17-11-5)41-49(45-51)37-18-12-6)52(38-32-30-22-20-14-8-2)54-50-42-46(34-15-9-3)40-47(43-50)35-16-10-4;/h40-45H,7-39H2,1-6H3;/b54-52+,55-53+;. The van der Waals surface area contributed by atoms with Gasteiger partial charge >= 0.3 is 0 Å². The third-order valence-corrected chi connectivity index (χ3v) is 11.5. The summed E-state index contributed by atoms with van der Waals surface area (Å²) in [7, 11) is 0. The Hall–Kier alpha value is -1.73. The van der Waals surface area contributed by atoms with Crippen LogP contribution in [0.25, 0.3) is 0 Å². The fourth-order valence-electron chi connectivity index (χ4n) is 7.94. The normalized spacial score (nSPS) is 12.0. The van der Waals surface area contributed by atoms with Gasteiger partial charge in [-0.2, -0.15) is 0 Å². The van der Waals surface area contributed by atoms with Crippen molar-refractivity contribution in [1.29, 1.82) is 0 Å². The zero-order valence-electron chi connectivity index (χ0n) is 38.0. The van der Waals surface area contributed by atoms with E-state index in [1.165, 1.54) is 218 Å². The summed E-state index contributed by atoms with van der Waals surface area (Å²) < 4.78 is 0. The number of hydrogen-bond donors (Lipinski definition) is 0. The van der Waals surface area contributed by atoms with Crippen LogP contribution in [-0.2, 0) is 42.2 Å². The summed E-state index contributed by atoms with van der Waals surface area (Å²) in [6, 6.07) is 14.6. The zero-order valence-corrected chi connectivity index (χ0v) is 39.0. The molecular weight excluding hydrogens is 723 g/mol. The summed E-state index contributed by atoms with van der Waals surface area (Å²) in [5.41, 5.74) is 10.7. The molecule has 0 aliphatic heterocycles. The third-order valence-electron chi connectivity index (χ3n) is 11.5. The van der Waals surface area contributed by atoms with Gasteiger partial charge < -0.3 is 0 Å². The topological polar surface area (TPSA) is 24.7 Å². The van der Waals surface area contributed by atoms with Crippen LogP contribution in [-0.4, -0.2) is 11.4 Å². The number of hydrogen-bond acceptors (Lipinski definition) is 2. The van der Waals surface area contributed by atoms with E-state index >= 15 is 0 Å². The van der Waals surface area contributed by atoms with Crippen LogP contribution in [0.5, 0.6) is 0 Å². The van der Waals surface area contributed by atoms with Crippen LogP contribution in [0.15, 0.2) is 46.4 Å². The van der Waals surface area contributed by atoms with Crippen LogP contribution >= 0.6 is 0 Å². The zero-order chi connectivity index (χ0) is 39.6. The van der Waals surface area contributed by atoms with E-state index in [-0.39, 0.29) is 16.5 Å². The smallest absolute Gasteiger partial charge is 0.0639 e. The number of rotatable bonds is 36. The number of aryl methyl sites for hydroxylation is 4. The van der Waals surface area contributed by atoms with E-state index in [2.05, 4.69) is 77.9 Å². The van der Waals surface area contributed by atoms with Gasteiger partial charge in [-0.25, -0.2) is 0 Å². The molecule has 322 valence electrons. The molecule has 2 nitrogen and oxygen atoms in total. The van der Waals surface area contributed by atoms with E-state index in [0.29, 0.717) is 0 Å². The van der Waals surface area contributed by atoms with Crippen molar-refractivity contribution in [2.75, 3.05) is 0 Å². The van der Waals surface area contributed by atoms with Gasteiger partial charge in [0.2, 0.25) is 0 Å². The summed E-state index contributed by atoms with van der Waals surface area (Å²) in [5, 5.41) is 0. The summed E-state index contributed by atoms with van der Waals surface area (Å²) in [4.78, 5) is 11.3. The molecule has 0 unspecified atom stereocenters. The van der Waals surface area contributed by atoms with E-state index in [0.717, 1.165) is 38.5 Å². The molecule has 2 aromatic rings. The van der Waals surface area contributed by atoms with Gasteiger partial charge in [-0.05, 0) is 124 Å². The Morgan fingerprint density at radius 1 is 0.304 bits per heavy atom. The molecule has 0 radical (unpaired) electrons. The Kier molecular flexibility index (Phi) is 34.0. The molecule has 0 aliphatic carbocycles. The Labute approximate surface area is 359 Å². The van der Waals surface area contributed by atoms with Gasteiger partial charge in [0.15, 0.2) is 0 Å². The summed E-state index contributed by atoms with van der Waals surface area (Å²) >= 11 is 0. The number of unbranched alkanes of at least 4 members (excludes halogenated alkanes) is 21. The van der Waals surface area contributed by atoms with Gasteiger partial charge in [-0.15, -0.1) is 0 Å². The van der Waals surface area contributed by atoms with Gasteiger partial charge in [0.25, 0.3) is 0 Å². The molecule has 0 saturated heterocycles. The first-order valence-corrected chi connectivity index (χ1v) is 24.5. The maximum Gasteiger partial charge on any atom is 0.0639 e. The Morgan fingerprint density at radius 3 is 0.786 bits per heavy atom. The minimum atomic E-state index is 0. The van der Waals surface area contributed by atoms with Crippen molar-refractivity contribution in [2.45, 2.75) is 253 Å². The van der Waals surface area contributed by atoms with Crippen LogP contribution in [0.1, 0.15) is 250 Å². The first-order chi connectivity index (χ1) is 27.1. The van der Waals surface area contributed by atoms with Crippen LogP contribution in [0, 0.1) is 0 Å². The van der Waals surface area contributed by atoms with Gasteiger partial charge in [0.05, 0.1) is 22.8 Å². The fourth-order valence-corrected chi connectivity index (χ4v) is 7.94. The average molecular weight is 814 g/mol. The molecule has 0 aliphatic rings. The van der Waals surface area contributed by atoms with Crippen molar-refractivity contribution >= 4 is 22.8 Å². The Bertz CT molecular complexity index is 1220. The molecule has 0 spiro atoms. The van der Waals surface area contributed by atoms with Crippen molar-refractivity contribution in [2.24, 2.45) is 9.98 Å². The molecule has 0 aromatic heterocycles. The SMILES string of the molecule is CCCCCCCCCCCCCCCC(=N\c1cc(CCCC)cc(CCCC)c1)/C(CCCCCCCC)=N/c1cc(CCCC)cc(CCCC)c1.[Ni]. The molecule has 56 heavy (non-hydrogen) atoms. The first kappa shape index (κ1) is 52.3. The second-order valence-corrected chi connectivity index (χ2v) is 17.1. The molecule has 2 aromatic carbocycles. The maximum atomic E-state index is 5.65. The molecule has 0 fully saturated rings. The van der Waals surface area contributed by atoms with Crippen molar-refractivity contribution < 1.29 is 16.5 Å². The predicted molar refractivity (Wildman–Crippen MR) is 250 cm³/mol. The molecule has 0 N–H and O–H groups in total. The van der Waals surface area contributed by atoms with Gasteiger partial charge in [0, 0.05) is 16.5 Å². The fraction of sp³-hybridized carbons (Fsp3) is 0.736. The maximum absolute atomic E-state index is 5.65. The molecule has 0 saturated carbocycles. The summed E-state index contributed by atoms with van der Waals surface area (Å²) in [5.74, 6) is 0. The third kappa shape index (κ3) is 25.6. The van der Waals surface area contributed by atoms with E-state index in [9.17, 15) is 0 Å². The summed E-state index contributed by atoms with van der Waals surface area (Å²) in [6.45, 7) is 13.9. The van der Waals surface area contributed by atoms with Gasteiger partial charge in [0.1, 0.15) is 0 Å². The average Bonchev–Trinajstić information content (AvgIpc) is 3.19. The van der Waals surface area contributed by atoms with E-state index in [1.54, 1.807) is 0 Å². The predicted octanol–water partition coefficient (Wildman–Crippen LogP) is 18.1. The van der Waals surface area contributed by atoms with Crippen LogP contribution < -0.4 is 0 Å². The van der Waals surface area contributed by atoms with Gasteiger partial charge in [-0.1, -0.05) is 189 Å². The number of benzene rings is 2. The van der Waals surface area contributed by atoms with Gasteiger partial charge in [-0.3, -0.25) is 9.98 Å². The molecule has 0 atom stereocenters. The van der Waals surface area contributed by atoms with E-state index in [4.69, 9.17) is 9.98 Å². The molecule has 0 bridgehead atoms. The van der Waals surface area contributed by atoms with Crippen LogP contribution in [0.4, 0.5) is 11.4 Å². The van der Waals surface area contributed by atoms with Crippen molar-refractivity contribution in [3.05, 3.63) is 58.7 Å². The van der Waals surface area contributed by atoms with Crippen molar-refractivity contribution in [1.82, 2.24) is 0 Å². The summed E-state index contributed by atoms with van der Waals surface area (Å²) in [6.07, 6.45) is 42.4. The second-order valence-electron chi connectivity index (χ2n) is 17.1. The number of nitrogens with zero attached hydrogens (tertiary/aromatic N) is 2. The molecule has 0 heterocycles. The molecular formula is C53H90N2Ni. The van der Waals surface area contributed by atoms with E-state index in [1.807, 2.05) is 0 Å². The molecule has 2 rings (SSSR count). The minimum Gasteiger partial charge on any atom is -0.252 e. The monoisotopic (exact) mass is 813 g/mol. The Balaban J connectivity index is 0.0000157. The molecule has 3 heteroatoms. The molecule has 0 amide bonds. The number of aliphatic imine (C=N–C) groups is 2. The Morgan fingerprint density at radius 2 is 0.536 bits per heavy atom. The minimum absolute atomic E-state index is 0. The second kappa shape index (κ2) is 36.4. The quantitative estimate of drug-likeness (QED) is 0.0372. The first-order valence-electron chi connectivity index (χ1n) is 24.5.